The van der Waals surface area contributed by atoms with Crippen LogP contribution in [0.2, 0.25) is 0 Å². The van der Waals surface area contributed by atoms with Gasteiger partial charge in [0.25, 0.3) is 5.91 Å². The van der Waals surface area contributed by atoms with E-state index in [-0.39, 0.29) is 12.0 Å². The summed E-state index contributed by atoms with van der Waals surface area (Å²) < 4.78 is 13.4. The molecule has 0 saturated carbocycles. The number of pyridine rings is 1. The van der Waals surface area contributed by atoms with Gasteiger partial charge >= 0.3 is 0 Å². The van der Waals surface area contributed by atoms with Crippen molar-refractivity contribution < 1.29 is 14.3 Å². The fourth-order valence-electron chi connectivity index (χ4n) is 4.11. The Morgan fingerprint density at radius 1 is 1.29 bits per heavy atom. The Balaban J connectivity index is 1.61. The first-order valence-corrected chi connectivity index (χ1v) is 10.3. The van der Waals surface area contributed by atoms with Gasteiger partial charge in [-0.25, -0.2) is 4.98 Å². The Labute approximate surface area is 166 Å². The maximum absolute atomic E-state index is 13.2. The summed E-state index contributed by atoms with van der Waals surface area (Å²) in [7, 11) is 2.09. The third-order valence-corrected chi connectivity index (χ3v) is 5.65. The Hall–Kier alpha value is -1.96. The van der Waals surface area contributed by atoms with E-state index >= 15 is 0 Å². The van der Waals surface area contributed by atoms with Crippen molar-refractivity contribution in [2.45, 2.75) is 38.8 Å². The molecule has 1 amide bonds. The van der Waals surface area contributed by atoms with Crippen molar-refractivity contribution in [1.29, 1.82) is 0 Å². The van der Waals surface area contributed by atoms with Gasteiger partial charge in [0.15, 0.2) is 5.69 Å². The highest BCUT2D eigenvalue weighted by atomic mass is 16.5. The van der Waals surface area contributed by atoms with Crippen molar-refractivity contribution >= 4 is 11.6 Å². The molecule has 4 heterocycles. The van der Waals surface area contributed by atoms with Gasteiger partial charge in [0.05, 0.1) is 25.0 Å². The van der Waals surface area contributed by atoms with E-state index in [0.717, 1.165) is 42.9 Å². The number of amides is 1. The maximum atomic E-state index is 13.2. The maximum Gasteiger partial charge on any atom is 0.274 e. The van der Waals surface area contributed by atoms with E-state index in [2.05, 4.69) is 16.3 Å². The molecule has 28 heavy (non-hydrogen) atoms. The molecule has 152 valence electrons. The van der Waals surface area contributed by atoms with Crippen LogP contribution in [0, 0.1) is 6.92 Å². The molecular weight excluding hydrogens is 356 g/mol. The normalized spacial score (nSPS) is 20.8. The number of carbonyl (C=O) groups is 1. The molecule has 0 bridgehead atoms. The van der Waals surface area contributed by atoms with E-state index in [1.165, 1.54) is 6.42 Å². The number of rotatable bonds is 5. The quantitative estimate of drug-likeness (QED) is 0.788. The topological polar surface area (TPSA) is 59.3 Å². The monoisotopic (exact) mass is 386 g/mol. The summed E-state index contributed by atoms with van der Waals surface area (Å²) in [5, 5.41) is 0. The van der Waals surface area contributed by atoms with Crippen LogP contribution in [0.4, 0.5) is 0 Å². The number of fused-ring (bicyclic) bond motifs is 1. The van der Waals surface area contributed by atoms with Gasteiger partial charge in [-0.3, -0.25) is 9.69 Å². The van der Waals surface area contributed by atoms with Crippen molar-refractivity contribution in [1.82, 2.24) is 19.2 Å². The summed E-state index contributed by atoms with van der Waals surface area (Å²) >= 11 is 0. The molecule has 2 aliphatic rings. The Bertz CT molecular complexity index is 822. The molecule has 2 aliphatic heterocycles. The molecule has 0 N–H and O–H groups in total. The van der Waals surface area contributed by atoms with E-state index in [1.807, 2.05) is 30.2 Å². The van der Waals surface area contributed by atoms with Crippen LogP contribution in [0.3, 0.4) is 0 Å². The molecule has 0 spiro atoms. The largest absolute Gasteiger partial charge is 0.378 e. The third-order valence-electron chi connectivity index (χ3n) is 5.65. The minimum Gasteiger partial charge on any atom is -0.378 e. The van der Waals surface area contributed by atoms with Gasteiger partial charge in [-0.05, 0) is 44.9 Å². The fourth-order valence-corrected chi connectivity index (χ4v) is 4.11. The number of carbonyl (C=O) groups excluding carboxylic acids is 1. The van der Waals surface area contributed by atoms with E-state index in [0.29, 0.717) is 38.5 Å². The van der Waals surface area contributed by atoms with Gasteiger partial charge in [0, 0.05) is 39.0 Å². The third kappa shape index (κ3) is 4.06. The van der Waals surface area contributed by atoms with Gasteiger partial charge in [-0.1, -0.05) is 6.07 Å². The lowest BCUT2D eigenvalue weighted by atomic mass is 10.1. The smallest absolute Gasteiger partial charge is 0.274 e. The van der Waals surface area contributed by atoms with E-state index < -0.39 is 0 Å². The number of morpholine rings is 1. The lowest BCUT2D eigenvalue weighted by Gasteiger charge is -2.28. The lowest BCUT2D eigenvalue weighted by molar-refractivity contribution is -0.00284. The number of hydrogen-bond donors (Lipinski definition) is 0. The average Bonchev–Trinajstić information content (AvgIpc) is 3.08. The lowest BCUT2D eigenvalue weighted by Crippen LogP contribution is -2.41. The number of ether oxygens (including phenoxy) is 2. The molecule has 7 nitrogen and oxygen atoms in total. The Morgan fingerprint density at radius 2 is 2.11 bits per heavy atom. The first kappa shape index (κ1) is 19.4. The van der Waals surface area contributed by atoms with Crippen LogP contribution in [-0.4, -0.2) is 77.7 Å². The SMILES string of the molecule is Cc1cccn2c(CN(C)C[C@@H]3CCCCO3)c(C(=O)N3CCOCC3)nc12. The van der Waals surface area contributed by atoms with Gasteiger partial charge in [0.1, 0.15) is 5.65 Å². The minimum absolute atomic E-state index is 0.00344. The van der Waals surface area contributed by atoms with Crippen molar-refractivity contribution in [3.8, 4) is 0 Å². The second-order valence-electron chi connectivity index (χ2n) is 7.88. The molecule has 4 rings (SSSR count). The van der Waals surface area contributed by atoms with E-state index in [9.17, 15) is 4.79 Å². The van der Waals surface area contributed by atoms with Gasteiger partial charge in [-0.15, -0.1) is 0 Å². The van der Waals surface area contributed by atoms with Crippen LogP contribution in [0.15, 0.2) is 18.3 Å². The summed E-state index contributed by atoms with van der Waals surface area (Å²) in [6.07, 6.45) is 5.78. The number of imidazole rings is 1. The molecule has 7 heteroatoms. The average molecular weight is 386 g/mol. The molecular formula is C21H30N4O3. The number of likely N-dealkylation sites (N-methyl/N-ethyl adjacent to an activating group) is 1. The standard InChI is InChI=1S/C21H30N4O3/c1-16-6-5-8-25-18(15-23(2)14-17-7-3-4-11-28-17)19(22-20(16)25)21(26)24-9-12-27-13-10-24/h5-6,8,17H,3-4,7,9-15H2,1-2H3/t17-/m0/s1. The van der Waals surface area contributed by atoms with Crippen LogP contribution < -0.4 is 0 Å². The first-order valence-electron chi connectivity index (χ1n) is 10.3. The molecule has 2 fully saturated rings. The Morgan fingerprint density at radius 3 is 2.86 bits per heavy atom. The molecule has 2 aromatic rings. The van der Waals surface area contributed by atoms with Crippen LogP contribution in [-0.2, 0) is 16.0 Å². The highest BCUT2D eigenvalue weighted by Gasteiger charge is 2.27. The number of aryl methyl sites for hydroxylation is 1. The van der Waals surface area contributed by atoms with Crippen molar-refractivity contribution in [2.75, 3.05) is 46.5 Å². The van der Waals surface area contributed by atoms with Gasteiger partial charge < -0.3 is 18.8 Å². The minimum atomic E-state index is 0.00344. The molecule has 2 saturated heterocycles. The second kappa shape index (κ2) is 8.59. The van der Waals surface area contributed by atoms with Crippen molar-refractivity contribution in [3.63, 3.8) is 0 Å². The van der Waals surface area contributed by atoms with Crippen molar-refractivity contribution in [3.05, 3.63) is 35.3 Å². The summed E-state index contributed by atoms with van der Waals surface area (Å²) in [5.41, 5.74) is 3.44. The van der Waals surface area contributed by atoms with Crippen LogP contribution in [0.5, 0.6) is 0 Å². The first-order chi connectivity index (χ1) is 13.6. The molecule has 2 aromatic heterocycles. The summed E-state index contributed by atoms with van der Waals surface area (Å²) in [6.45, 7) is 6.84. The van der Waals surface area contributed by atoms with E-state index in [4.69, 9.17) is 14.5 Å². The zero-order valence-electron chi connectivity index (χ0n) is 16.9. The summed E-state index contributed by atoms with van der Waals surface area (Å²) in [4.78, 5) is 22.1. The molecule has 0 unspecified atom stereocenters. The van der Waals surface area contributed by atoms with Crippen LogP contribution in [0.25, 0.3) is 5.65 Å². The van der Waals surface area contributed by atoms with E-state index in [1.54, 1.807) is 0 Å². The molecule has 0 aliphatic carbocycles. The second-order valence-corrected chi connectivity index (χ2v) is 7.88. The van der Waals surface area contributed by atoms with Crippen molar-refractivity contribution in [2.24, 2.45) is 0 Å². The summed E-state index contributed by atoms with van der Waals surface area (Å²) in [5.74, 6) is 0.00344. The van der Waals surface area contributed by atoms with Crippen LogP contribution >= 0.6 is 0 Å². The number of nitrogens with zero attached hydrogens (tertiary/aromatic N) is 4. The highest BCUT2D eigenvalue weighted by Crippen LogP contribution is 2.21. The molecule has 0 aromatic carbocycles. The van der Waals surface area contributed by atoms with Gasteiger partial charge in [0.2, 0.25) is 0 Å². The van der Waals surface area contributed by atoms with Gasteiger partial charge in [-0.2, -0.15) is 0 Å². The molecule has 1 atom stereocenters. The Kier molecular flexibility index (Phi) is 5.94. The number of hydrogen-bond acceptors (Lipinski definition) is 5. The fraction of sp³-hybridized carbons (Fsp3) is 0.619. The zero-order chi connectivity index (χ0) is 19.5. The summed E-state index contributed by atoms with van der Waals surface area (Å²) in [6, 6.07) is 4.05. The predicted octanol–water partition coefficient (Wildman–Crippen LogP) is 2.12. The number of aromatic nitrogens is 2. The molecule has 0 radical (unpaired) electrons. The highest BCUT2D eigenvalue weighted by molar-refractivity contribution is 5.94. The predicted molar refractivity (Wildman–Crippen MR) is 107 cm³/mol. The zero-order valence-corrected chi connectivity index (χ0v) is 16.9. The van der Waals surface area contributed by atoms with Crippen LogP contribution in [0.1, 0.15) is 41.0 Å².